The Balaban J connectivity index is 1.95. The molecule has 0 saturated heterocycles. The molecule has 0 amide bonds. The minimum atomic E-state index is 1.10. The molecule has 0 aliphatic heterocycles. The van der Waals surface area contributed by atoms with E-state index in [0.717, 1.165) is 23.7 Å². The lowest BCUT2D eigenvalue weighted by atomic mass is 9.79. The summed E-state index contributed by atoms with van der Waals surface area (Å²) in [5.74, 6) is 4.48. The Morgan fingerprint density at radius 2 is 1.92 bits per heavy atom. The average molecular weight is 278 g/mol. The van der Waals surface area contributed by atoms with Crippen LogP contribution in [-0.2, 0) is 0 Å². The highest BCUT2D eigenvalue weighted by molar-refractivity contribution is 14.1. The normalized spacial score (nSPS) is 45.5. The van der Waals surface area contributed by atoms with Crippen LogP contribution in [0, 0.1) is 23.7 Å². The van der Waals surface area contributed by atoms with Crippen LogP contribution in [0.2, 0.25) is 0 Å². The summed E-state index contributed by atoms with van der Waals surface area (Å²) in [4.78, 5) is 0. The maximum Gasteiger partial charge on any atom is 0.00265 e. The minimum Gasteiger partial charge on any atom is -0.0861 e. The molecule has 0 N–H and O–H groups in total. The lowest BCUT2D eigenvalue weighted by Gasteiger charge is -2.27. The standard InChI is InChI=1S/C11H19I/c1-2-3-9-4-8-5-10(7-12)11(9)6-8/h8-11H,2-7H2,1H3. The number of fused-ring (bicyclic) bond motifs is 2. The van der Waals surface area contributed by atoms with Crippen LogP contribution >= 0.6 is 22.6 Å². The lowest BCUT2D eigenvalue weighted by molar-refractivity contribution is 0.246. The van der Waals surface area contributed by atoms with Gasteiger partial charge in [0.1, 0.15) is 0 Å². The van der Waals surface area contributed by atoms with Gasteiger partial charge in [-0.2, -0.15) is 0 Å². The molecular weight excluding hydrogens is 259 g/mol. The van der Waals surface area contributed by atoms with Crippen molar-refractivity contribution in [3.63, 3.8) is 0 Å². The molecule has 2 aliphatic carbocycles. The first-order chi connectivity index (χ1) is 5.85. The number of hydrogen-bond donors (Lipinski definition) is 0. The summed E-state index contributed by atoms with van der Waals surface area (Å²) in [6.07, 6.45) is 7.63. The molecule has 12 heavy (non-hydrogen) atoms. The van der Waals surface area contributed by atoms with Gasteiger partial charge in [-0.3, -0.25) is 0 Å². The number of rotatable bonds is 3. The molecule has 0 heterocycles. The van der Waals surface area contributed by atoms with Gasteiger partial charge in [0.2, 0.25) is 0 Å². The van der Waals surface area contributed by atoms with Gasteiger partial charge in [-0.25, -0.2) is 0 Å². The van der Waals surface area contributed by atoms with E-state index in [9.17, 15) is 0 Å². The van der Waals surface area contributed by atoms with Gasteiger partial charge < -0.3 is 0 Å². The fourth-order valence-electron chi connectivity index (χ4n) is 3.53. The maximum absolute atomic E-state index is 2.59. The summed E-state index contributed by atoms with van der Waals surface area (Å²) in [7, 11) is 0. The summed E-state index contributed by atoms with van der Waals surface area (Å²) in [5, 5.41) is 0. The van der Waals surface area contributed by atoms with Crippen molar-refractivity contribution in [1.29, 1.82) is 0 Å². The Bertz CT molecular complexity index is 153. The van der Waals surface area contributed by atoms with Crippen molar-refractivity contribution in [2.75, 3.05) is 4.43 Å². The van der Waals surface area contributed by atoms with Crippen LogP contribution < -0.4 is 0 Å². The van der Waals surface area contributed by atoms with Gasteiger partial charge in [0.25, 0.3) is 0 Å². The first-order valence-corrected chi connectivity index (χ1v) is 6.93. The first kappa shape index (κ1) is 9.29. The summed E-state index contributed by atoms with van der Waals surface area (Å²) in [5.41, 5.74) is 0. The molecule has 0 aromatic rings. The van der Waals surface area contributed by atoms with Crippen LogP contribution in [0.5, 0.6) is 0 Å². The van der Waals surface area contributed by atoms with Gasteiger partial charge >= 0.3 is 0 Å². The fraction of sp³-hybridized carbons (Fsp3) is 1.00. The second-order valence-electron chi connectivity index (χ2n) is 4.70. The molecule has 0 aromatic carbocycles. The second kappa shape index (κ2) is 3.85. The van der Waals surface area contributed by atoms with Crippen molar-refractivity contribution in [2.24, 2.45) is 23.7 Å². The van der Waals surface area contributed by atoms with E-state index >= 15 is 0 Å². The molecule has 2 rings (SSSR count). The van der Waals surface area contributed by atoms with E-state index in [4.69, 9.17) is 0 Å². The molecule has 0 aromatic heterocycles. The van der Waals surface area contributed by atoms with E-state index in [2.05, 4.69) is 29.5 Å². The molecule has 0 spiro atoms. The van der Waals surface area contributed by atoms with E-state index in [1.54, 1.807) is 19.3 Å². The number of halogens is 1. The Labute approximate surface area is 89.6 Å². The highest BCUT2D eigenvalue weighted by atomic mass is 127. The molecule has 2 aliphatic rings. The predicted molar refractivity (Wildman–Crippen MR) is 61.6 cm³/mol. The van der Waals surface area contributed by atoms with Crippen LogP contribution in [0.3, 0.4) is 0 Å². The van der Waals surface area contributed by atoms with Crippen molar-refractivity contribution in [3.8, 4) is 0 Å². The SMILES string of the molecule is CCCC1CC2CC(CI)C1C2. The fourth-order valence-corrected chi connectivity index (χ4v) is 4.54. The van der Waals surface area contributed by atoms with Crippen molar-refractivity contribution < 1.29 is 0 Å². The summed E-state index contributed by atoms with van der Waals surface area (Å²) in [6.45, 7) is 2.34. The topological polar surface area (TPSA) is 0 Å². The Kier molecular flexibility index (Phi) is 2.98. The maximum atomic E-state index is 2.59. The molecule has 2 saturated carbocycles. The van der Waals surface area contributed by atoms with E-state index in [-0.39, 0.29) is 0 Å². The predicted octanol–water partition coefficient (Wildman–Crippen LogP) is 3.88. The third-order valence-corrected chi connectivity index (χ3v) is 5.08. The summed E-state index contributed by atoms with van der Waals surface area (Å²) < 4.78 is 1.42. The van der Waals surface area contributed by atoms with Gasteiger partial charge in [-0.15, -0.1) is 0 Å². The van der Waals surface area contributed by atoms with Crippen molar-refractivity contribution in [1.82, 2.24) is 0 Å². The van der Waals surface area contributed by atoms with Crippen molar-refractivity contribution in [3.05, 3.63) is 0 Å². The Hall–Kier alpha value is 0.730. The third kappa shape index (κ3) is 1.53. The highest BCUT2D eigenvalue weighted by Crippen LogP contribution is 2.53. The number of alkyl halides is 1. The van der Waals surface area contributed by atoms with Gasteiger partial charge in [-0.05, 0) is 42.9 Å². The summed E-state index contributed by atoms with van der Waals surface area (Å²) in [6, 6.07) is 0. The van der Waals surface area contributed by atoms with Crippen LogP contribution in [0.4, 0.5) is 0 Å². The zero-order valence-corrected chi connectivity index (χ0v) is 10.1. The Morgan fingerprint density at radius 3 is 2.50 bits per heavy atom. The van der Waals surface area contributed by atoms with Crippen molar-refractivity contribution >= 4 is 22.6 Å². The zero-order chi connectivity index (χ0) is 8.55. The average Bonchev–Trinajstić information content (AvgIpc) is 2.62. The van der Waals surface area contributed by atoms with Crippen LogP contribution in [0.1, 0.15) is 39.0 Å². The first-order valence-electron chi connectivity index (χ1n) is 5.41. The molecule has 4 atom stereocenters. The molecule has 2 bridgehead atoms. The molecule has 70 valence electrons. The van der Waals surface area contributed by atoms with Crippen LogP contribution in [-0.4, -0.2) is 4.43 Å². The van der Waals surface area contributed by atoms with Crippen LogP contribution in [0.25, 0.3) is 0 Å². The van der Waals surface area contributed by atoms with Crippen LogP contribution in [0.15, 0.2) is 0 Å². The van der Waals surface area contributed by atoms with Gasteiger partial charge in [0.15, 0.2) is 0 Å². The largest absolute Gasteiger partial charge is 0.0861 e. The zero-order valence-electron chi connectivity index (χ0n) is 7.93. The summed E-state index contributed by atoms with van der Waals surface area (Å²) >= 11 is 2.59. The quantitative estimate of drug-likeness (QED) is 0.543. The van der Waals surface area contributed by atoms with Gasteiger partial charge in [0.05, 0.1) is 0 Å². The monoisotopic (exact) mass is 278 g/mol. The molecule has 0 nitrogen and oxygen atoms in total. The third-order valence-electron chi connectivity index (χ3n) is 3.95. The lowest BCUT2D eigenvalue weighted by Crippen LogP contribution is -2.20. The van der Waals surface area contributed by atoms with E-state index in [0.29, 0.717) is 0 Å². The molecule has 1 heteroatoms. The van der Waals surface area contributed by atoms with Gasteiger partial charge in [-0.1, -0.05) is 42.4 Å². The van der Waals surface area contributed by atoms with Crippen molar-refractivity contribution in [2.45, 2.75) is 39.0 Å². The van der Waals surface area contributed by atoms with E-state index in [1.807, 2.05) is 0 Å². The van der Waals surface area contributed by atoms with E-state index in [1.165, 1.54) is 17.3 Å². The molecular formula is C11H19I. The highest BCUT2D eigenvalue weighted by Gasteiger charge is 2.44. The minimum absolute atomic E-state index is 1.10. The Morgan fingerprint density at radius 1 is 1.17 bits per heavy atom. The molecule has 2 fully saturated rings. The van der Waals surface area contributed by atoms with Gasteiger partial charge in [0, 0.05) is 4.43 Å². The molecule has 0 radical (unpaired) electrons. The number of hydrogen-bond acceptors (Lipinski definition) is 0. The molecule has 4 unspecified atom stereocenters. The second-order valence-corrected chi connectivity index (χ2v) is 5.58. The smallest absolute Gasteiger partial charge is 0.00265 e. The van der Waals surface area contributed by atoms with E-state index < -0.39 is 0 Å².